The standard InChI is InChI=1S/C14H16Cl3N3O3/c15-14(16,17)13(19-8-2-1-3-9-19)18-12(21)10-4-6-11(7-5-10)20(22)23/h4-7,13H,1-3,8-9H2,(H,18,21)/t13-/m0/s1. The van der Waals surface area contributed by atoms with Gasteiger partial charge in [0.25, 0.3) is 11.6 Å². The second-order valence-corrected chi connectivity index (χ2v) is 7.69. The molecule has 1 fully saturated rings. The van der Waals surface area contributed by atoms with Crippen LogP contribution in [0.2, 0.25) is 0 Å². The molecule has 126 valence electrons. The number of nitro benzene ring substituents is 1. The number of alkyl halides is 3. The topological polar surface area (TPSA) is 75.5 Å². The molecule has 1 atom stereocenters. The van der Waals surface area contributed by atoms with Gasteiger partial charge in [-0.15, -0.1) is 0 Å². The largest absolute Gasteiger partial charge is 0.332 e. The van der Waals surface area contributed by atoms with Crippen molar-refractivity contribution in [3.63, 3.8) is 0 Å². The molecule has 0 saturated carbocycles. The molecule has 1 aromatic carbocycles. The van der Waals surface area contributed by atoms with Crippen LogP contribution < -0.4 is 5.32 Å². The zero-order valence-corrected chi connectivity index (χ0v) is 14.4. The first-order valence-electron chi connectivity index (χ1n) is 7.15. The predicted molar refractivity (Wildman–Crippen MR) is 90.1 cm³/mol. The molecule has 0 bridgehead atoms. The summed E-state index contributed by atoms with van der Waals surface area (Å²) in [7, 11) is 0. The smallest absolute Gasteiger partial charge is 0.269 e. The van der Waals surface area contributed by atoms with E-state index in [1.54, 1.807) is 0 Å². The monoisotopic (exact) mass is 379 g/mol. The minimum Gasteiger partial charge on any atom is -0.332 e. The molecule has 1 aliphatic heterocycles. The van der Waals surface area contributed by atoms with Crippen LogP contribution in [-0.4, -0.2) is 38.8 Å². The highest BCUT2D eigenvalue weighted by Crippen LogP contribution is 2.33. The molecule has 0 radical (unpaired) electrons. The number of hydrogen-bond acceptors (Lipinski definition) is 4. The van der Waals surface area contributed by atoms with Crippen molar-refractivity contribution in [2.75, 3.05) is 13.1 Å². The van der Waals surface area contributed by atoms with Gasteiger partial charge in [-0.2, -0.15) is 0 Å². The summed E-state index contributed by atoms with van der Waals surface area (Å²) in [6.07, 6.45) is 2.31. The number of rotatable bonds is 4. The molecule has 2 rings (SSSR count). The van der Waals surface area contributed by atoms with Gasteiger partial charge < -0.3 is 5.32 Å². The van der Waals surface area contributed by atoms with Crippen molar-refractivity contribution >= 4 is 46.4 Å². The number of carbonyl (C=O) groups is 1. The quantitative estimate of drug-likeness (QED) is 0.493. The molecule has 1 aromatic rings. The summed E-state index contributed by atoms with van der Waals surface area (Å²) in [5.74, 6) is -0.443. The molecule has 1 N–H and O–H groups in total. The van der Waals surface area contributed by atoms with Crippen molar-refractivity contribution in [2.24, 2.45) is 0 Å². The first kappa shape index (κ1) is 18.3. The highest BCUT2D eigenvalue weighted by molar-refractivity contribution is 6.68. The zero-order valence-electron chi connectivity index (χ0n) is 12.2. The Morgan fingerprint density at radius 2 is 1.74 bits per heavy atom. The second kappa shape index (κ2) is 7.66. The molecule has 1 amide bonds. The van der Waals surface area contributed by atoms with E-state index in [4.69, 9.17) is 34.8 Å². The average molecular weight is 381 g/mol. The van der Waals surface area contributed by atoms with Crippen LogP contribution in [-0.2, 0) is 0 Å². The Hall–Kier alpha value is -1.08. The normalized spacial score (nSPS) is 17.5. The number of nitrogens with zero attached hydrogens (tertiary/aromatic N) is 2. The Labute approximate surface area is 148 Å². The molecular formula is C14H16Cl3N3O3. The number of hydrogen-bond donors (Lipinski definition) is 1. The molecule has 6 nitrogen and oxygen atoms in total. The van der Waals surface area contributed by atoms with Crippen molar-refractivity contribution < 1.29 is 9.72 Å². The number of halogens is 3. The minimum absolute atomic E-state index is 0.0875. The van der Waals surface area contributed by atoms with E-state index in [-0.39, 0.29) is 11.3 Å². The molecular weight excluding hydrogens is 365 g/mol. The van der Waals surface area contributed by atoms with Gasteiger partial charge in [0, 0.05) is 30.8 Å². The lowest BCUT2D eigenvalue weighted by Gasteiger charge is -2.38. The predicted octanol–water partition coefficient (Wildman–Crippen LogP) is 3.51. The number of nitrogens with one attached hydrogen (secondary N) is 1. The maximum Gasteiger partial charge on any atom is 0.269 e. The SMILES string of the molecule is O=C(N[C@@H](N1CCCCC1)C(Cl)(Cl)Cl)c1ccc([N+](=O)[O-])cc1. The van der Waals surface area contributed by atoms with Gasteiger partial charge in [-0.25, -0.2) is 0 Å². The van der Waals surface area contributed by atoms with Crippen molar-refractivity contribution in [3.8, 4) is 0 Å². The fraction of sp³-hybridized carbons (Fsp3) is 0.500. The van der Waals surface area contributed by atoms with Gasteiger partial charge in [0.1, 0.15) is 6.17 Å². The van der Waals surface area contributed by atoms with Gasteiger partial charge in [0.2, 0.25) is 3.79 Å². The third-order valence-corrected chi connectivity index (χ3v) is 4.29. The van der Waals surface area contributed by atoms with Crippen molar-refractivity contribution in [1.29, 1.82) is 0 Å². The minimum atomic E-state index is -1.67. The first-order valence-corrected chi connectivity index (χ1v) is 8.28. The molecule has 1 aliphatic rings. The van der Waals surface area contributed by atoms with Gasteiger partial charge >= 0.3 is 0 Å². The summed E-state index contributed by atoms with van der Waals surface area (Å²) in [6, 6.07) is 5.28. The third-order valence-electron chi connectivity index (χ3n) is 3.67. The van der Waals surface area contributed by atoms with Crippen molar-refractivity contribution in [3.05, 3.63) is 39.9 Å². The highest BCUT2D eigenvalue weighted by atomic mass is 35.6. The maximum absolute atomic E-state index is 12.3. The van der Waals surface area contributed by atoms with Gasteiger partial charge in [0.15, 0.2) is 0 Å². The van der Waals surface area contributed by atoms with E-state index >= 15 is 0 Å². The number of amides is 1. The Morgan fingerprint density at radius 3 is 2.22 bits per heavy atom. The Balaban J connectivity index is 2.11. The Morgan fingerprint density at radius 1 is 1.17 bits per heavy atom. The fourth-order valence-corrected chi connectivity index (χ4v) is 3.08. The lowest BCUT2D eigenvalue weighted by Crippen LogP contribution is -2.56. The van der Waals surface area contributed by atoms with Crippen LogP contribution in [0.15, 0.2) is 24.3 Å². The molecule has 0 spiro atoms. The van der Waals surface area contributed by atoms with Crippen molar-refractivity contribution in [1.82, 2.24) is 10.2 Å². The van der Waals surface area contributed by atoms with Gasteiger partial charge in [-0.05, 0) is 25.0 Å². The number of piperidine rings is 1. The lowest BCUT2D eigenvalue weighted by atomic mass is 10.1. The first-order chi connectivity index (χ1) is 10.8. The maximum atomic E-state index is 12.3. The summed E-state index contributed by atoms with van der Waals surface area (Å²) < 4.78 is -1.67. The van der Waals surface area contributed by atoms with E-state index in [0.29, 0.717) is 0 Å². The van der Waals surface area contributed by atoms with E-state index in [1.807, 2.05) is 4.90 Å². The average Bonchev–Trinajstić information content (AvgIpc) is 2.52. The van der Waals surface area contributed by atoms with E-state index in [2.05, 4.69) is 5.32 Å². The van der Waals surface area contributed by atoms with E-state index in [1.165, 1.54) is 24.3 Å². The summed E-state index contributed by atoms with van der Waals surface area (Å²) in [5.41, 5.74) is 0.183. The molecule has 23 heavy (non-hydrogen) atoms. The molecule has 1 heterocycles. The van der Waals surface area contributed by atoms with Crippen LogP contribution in [0, 0.1) is 10.1 Å². The summed E-state index contributed by atoms with van der Waals surface area (Å²) in [5, 5.41) is 13.4. The van der Waals surface area contributed by atoms with Crippen LogP contribution in [0.1, 0.15) is 29.6 Å². The summed E-state index contributed by atoms with van der Waals surface area (Å²) in [4.78, 5) is 24.4. The second-order valence-electron chi connectivity index (χ2n) is 5.32. The van der Waals surface area contributed by atoms with Crippen LogP contribution in [0.5, 0.6) is 0 Å². The molecule has 0 aromatic heterocycles. The summed E-state index contributed by atoms with van der Waals surface area (Å²) in [6.45, 7) is 1.47. The number of carbonyl (C=O) groups excluding carboxylic acids is 1. The third kappa shape index (κ3) is 4.94. The van der Waals surface area contributed by atoms with Crippen LogP contribution in [0.3, 0.4) is 0 Å². The van der Waals surface area contributed by atoms with Crippen molar-refractivity contribution in [2.45, 2.75) is 29.2 Å². The number of likely N-dealkylation sites (tertiary alicyclic amines) is 1. The Bertz CT molecular complexity index is 569. The Kier molecular flexibility index (Phi) is 6.08. The van der Waals surface area contributed by atoms with Crippen LogP contribution in [0.25, 0.3) is 0 Å². The fourth-order valence-electron chi connectivity index (χ4n) is 2.50. The molecule has 1 saturated heterocycles. The molecule has 0 aliphatic carbocycles. The molecule has 0 unspecified atom stereocenters. The molecule has 9 heteroatoms. The van der Waals surface area contributed by atoms with Gasteiger partial charge in [-0.1, -0.05) is 41.2 Å². The van der Waals surface area contributed by atoms with Gasteiger partial charge in [0.05, 0.1) is 4.92 Å². The zero-order chi connectivity index (χ0) is 17.0. The number of benzene rings is 1. The number of nitro groups is 1. The van der Waals surface area contributed by atoms with E-state index in [9.17, 15) is 14.9 Å². The van der Waals surface area contributed by atoms with Crippen LogP contribution in [0.4, 0.5) is 5.69 Å². The lowest BCUT2D eigenvalue weighted by molar-refractivity contribution is -0.384. The van der Waals surface area contributed by atoms with E-state index < -0.39 is 20.8 Å². The number of non-ortho nitro benzene ring substituents is 1. The highest BCUT2D eigenvalue weighted by Gasteiger charge is 2.39. The van der Waals surface area contributed by atoms with E-state index in [0.717, 1.165) is 32.4 Å². The van der Waals surface area contributed by atoms with Gasteiger partial charge in [-0.3, -0.25) is 19.8 Å². The summed E-state index contributed by atoms with van der Waals surface area (Å²) >= 11 is 18.0. The van der Waals surface area contributed by atoms with Crippen LogP contribution >= 0.6 is 34.8 Å².